The van der Waals surface area contributed by atoms with Crippen LogP contribution in [0.25, 0.3) is 11.3 Å². The van der Waals surface area contributed by atoms with Crippen molar-refractivity contribution in [3.63, 3.8) is 0 Å². The maximum Gasteiger partial charge on any atom is 0.253 e. The van der Waals surface area contributed by atoms with Gasteiger partial charge < -0.3 is 19.3 Å². The van der Waals surface area contributed by atoms with Gasteiger partial charge in [0, 0.05) is 37.4 Å². The summed E-state index contributed by atoms with van der Waals surface area (Å²) in [6.45, 7) is 4.34. The molecule has 5 heteroatoms. The summed E-state index contributed by atoms with van der Waals surface area (Å²) in [7, 11) is 4.09. The highest BCUT2D eigenvalue weighted by Gasteiger charge is 2.30. The number of piperidine rings is 1. The van der Waals surface area contributed by atoms with Gasteiger partial charge in [-0.05, 0) is 63.5 Å². The van der Waals surface area contributed by atoms with Gasteiger partial charge in [0.05, 0.1) is 0 Å². The monoisotopic (exact) mass is 356 g/mol. The zero-order valence-electron chi connectivity index (χ0n) is 15.8. The first-order valence-corrected chi connectivity index (χ1v) is 9.18. The molecule has 1 N–H and O–H groups in total. The van der Waals surface area contributed by atoms with Crippen LogP contribution in [0.5, 0.6) is 0 Å². The Morgan fingerprint density at radius 3 is 2.42 bits per heavy atom. The van der Waals surface area contributed by atoms with Gasteiger partial charge in [-0.1, -0.05) is 12.1 Å². The van der Waals surface area contributed by atoms with Gasteiger partial charge in [0.2, 0.25) is 0 Å². The van der Waals surface area contributed by atoms with Gasteiger partial charge in [0.15, 0.2) is 0 Å². The van der Waals surface area contributed by atoms with Gasteiger partial charge >= 0.3 is 0 Å². The van der Waals surface area contributed by atoms with Crippen molar-refractivity contribution >= 4 is 5.91 Å². The molecular formula is C21H28N2O3. The van der Waals surface area contributed by atoms with Crippen LogP contribution in [-0.2, 0) is 0 Å². The van der Waals surface area contributed by atoms with Crippen LogP contribution < -0.4 is 0 Å². The molecule has 1 aromatic carbocycles. The first-order chi connectivity index (χ1) is 12.5. The SMILES string of the molecule is Cc1ccc(-c2ccc(C(=O)N3C[C@H](CO)C[C@H](CN(C)C)C3)cc2)o1. The molecule has 1 aliphatic heterocycles. The van der Waals surface area contributed by atoms with Crippen LogP contribution in [0.15, 0.2) is 40.8 Å². The molecule has 2 atom stereocenters. The minimum absolute atomic E-state index is 0.0362. The molecule has 2 aromatic rings. The molecule has 0 unspecified atom stereocenters. The molecule has 5 nitrogen and oxygen atoms in total. The normalized spacial score (nSPS) is 20.6. The average molecular weight is 356 g/mol. The highest BCUT2D eigenvalue weighted by atomic mass is 16.3. The van der Waals surface area contributed by atoms with E-state index in [1.165, 1.54) is 0 Å². The topological polar surface area (TPSA) is 56.9 Å². The largest absolute Gasteiger partial charge is 0.461 e. The summed E-state index contributed by atoms with van der Waals surface area (Å²) >= 11 is 0. The summed E-state index contributed by atoms with van der Waals surface area (Å²) in [5, 5.41) is 9.62. The number of hydrogen-bond acceptors (Lipinski definition) is 4. The Morgan fingerprint density at radius 1 is 1.15 bits per heavy atom. The number of rotatable bonds is 5. The van der Waals surface area contributed by atoms with Crippen molar-refractivity contribution in [1.29, 1.82) is 0 Å². The summed E-state index contributed by atoms with van der Waals surface area (Å²) in [6, 6.07) is 11.4. The number of benzene rings is 1. The van der Waals surface area contributed by atoms with E-state index in [1.807, 2.05) is 62.3 Å². The van der Waals surface area contributed by atoms with Crippen LogP contribution in [-0.4, -0.2) is 61.2 Å². The summed E-state index contributed by atoms with van der Waals surface area (Å²) < 4.78 is 5.64. The van der Waals surface area contributed by atoms with Gasteiger partial charge in [0.1, 0.15) is 11.5 Å². The van der Waals surface area contributed by atoms with Gasteiger partial charge in [-0.2, -0.15) is 0 Å². The zero-order chi connectivity index (χ0) is 18.7. The lowest BCUT2D eigenvalue weighted by Gasteiger charge is -2.38. The molecular weight excluding hydrogens is 328 g/mol. The Bertz CT molecular complexity index is 736. The van der Waals surface area contributed by atoms with E-state index in [0.717, 1.165) is 36.6 Å². The fraction of sp³-hybridized carbons (Fsp3) is 0.476. The second kappa shape index (κ2) is 8.06. The van der Waals surface area contributed by atoms with Crippen molar-refractivity contribution in [1.82, 2.24) is 9.80 Å². The Hall–Kier alpha value is -2.11. The van der Waals surface area contributed by atoms with Crippen LogP contribution in [0.2, 0.25) is 0 Å². The van der Waals surface area contributed by atoms with Crippen molar-refractivity contribution in [2.75, 3.05) is 40.3 Å². The fourth-order valence-corrected chi connectivity index (χ4v) is 3.81. The highest BCUT2D eigenvalue weighted by molar-refractivity contribution is 5.94. The second-order valence-electron chi connectivity index (χ2n) is 7.61. The molecule has 140 valence electrons. The van der Waals surface area contributed by atoms with Crippen LogP contribution in [0.4, 0.5) is 0 Å². The molecule has 3 rings (SSSR count). The Labute approximate surface area is 155 Å². The second-order valence-corrected chi connectivity index (χ2v) is 7.61. The Morgan fingerprint density at radius 2 is 1.85 bits per heavy atom. The number of nitrogens with zero attached hydrogens (tertiary/aromatic N) is 2. The average Bonchev–Trinajstić information content (AvgIpc) is 3.06. The third-order valence-corrected chi connectivity index (χ3v) is 4.95. The summed E-state index contributed by atoms with van der Waals surface area (Å²) in [6.07, 6.45) is 0.968. The fourth-order valence-electron chi connectivity index (χ4n) is 3.81. The van der Waals surface area contributed by atoms with Crippen molar-refractivity contribution in [3.8, 4) is 11.3 Å². The van der Waals surface area contributed by atoms with E-state index in [1.54, 1.807) is 0 Å². The number of amides is 1. The summed E-state index contributed by atoms with van der Waals surface area (Å²) in [5.74, 6) is 2.27. The first kappa shape index (κ1) is 18.7. The number of furan rings is 1. The summed E-state index contributed by atoms with van der Waals surface area (Å²) in [5.41, 5.74) is 1.64. The predicted octanol–water partition coefficient (Wildman–Crippen LogP) is 2.89. The molecule has 0 bridgehead atoms. The molecule has 1 fully saturated rings. The third-order valence-electron chi connectivity index (χ3n) is 4.95. The number of hydrogen-bond donors (Lipinski definition) is 1. The lowest BCUT2D eigenvalue weighted by atomic mass is 9.89. The van der Waals surface area contributed by atoms with Gasteiger partial charge in [-0.15, -0.1) is 0 Å². The lowest BCUT2D eigenvalue weighted by Crippen LogP contribution is -2.47. The standard InChI is InChI=1S/C21H28N2O3/c1-15-4-9-20(26-15)18-5-7-19(8-6-18)21(25)23-12-16(11-22(2)3)10-17(13-23)14-24/h4-9,16-17,24H,10-14H2,1-3H3/t16-,17-/m1/s1. The highest BCUT2D eigenvalue weighted by Crippen LogP contribution is 2.26. The Kier molecular flexibility index (Phi) is 5.79. The molecule has 26 heavy (non-hydrogen) atoms. The number of carbonyl (C=O) groups is 1. The number of aryl methyl sites for hydroxylation is 1. The maximum absolute atomic E-state index is 13.0. The van der Waals surface area contributed by atoms with E-state index >= 15 is 0 Å². The van der Waals surface area contributed by atoms with Crippen LogP contribution in [0.1, 0.15) is 22.5 Å². The third kappa shape index (κ3) is 4.34. The van der Waals surface area contributed by atoms with Crippen molar-refractivity contribution in [2.24, 2.45) is 11.8 Å². The van der Waals surface area contributed by atoms with Gasteiger partial charge in [-0.3, -0.25) is 4.79 Å². The molecule has 0 aliphatic carbocycles. The maximum atomic E-state index is 13.0. The number of likely N-dealkylation sites (tertiary alicyclic amines) is 1. The molecule has 1 aromatic heterocycles. The van der Waals surface area contributed by atoms with E-state index in [-0.39, 0.29) is 18.4 Å². The van der Waals surface area contributed by atoms with E-state index in [4.69, 9.17) is 4.42 Å². The number of carbonyl (C=O) groups excluding carboxylic acids is 1. The Balaban J connectivity index is 1.72. The van der Waals surface area contributed by atoms with Crippen molar-refractivity contribution < 1.29 is 14.3 Å². The van der Waals surface area contributed by atoms with Crippen LogP contribution in [0.3, 0.4) is 0 Å². The minimum atomic E-state index is 0.0362. The lowest BCUT2D eigenvalue weighted by molar-refractivity contribution is 0.0478. The molecule has 0 saturated carbocycles. The zero-order valence-corrected chi connectivity index (χ0v) is 15.8. The van der Waals surface area contributed by atoms with Crippen LogP contribution in [0, 0.1) is 18.8 Å². The molecule has 0 spiro atoms. The molecule has 1 saturated heterocycles. The van der Waals surface area contributed by atoms with Gasteiger partial charge in [-0.25, -0.2) is 0 Å². The molecule has 1 amide bonds. The quantitative estimate of drug-likeness (QED) is 0.895. The van der Waals surface area contributed by atoms with E-state index in [2.05, 4.69) is 4.90 Å². The summed E-state index contributed by atoms with van der Waals surface area (Å²) in [4.78, 5) is 17.0. The molecule has 2 heterocycles. The van der Waals surface area contributed by atoms with Crippen molar-refractivity contribution in [2.45, 2.75) is 13.3 Å². The smallest absolute Gasteiger partial charge is 0.253 e. The number of aliphatic hydroxyl groups is 1. The van der Waals surface area contributed by atoms with E-state index in [9.17, 15) is 9.90 Å². The van der Waals surface area contributed by atoms with E-state index in [0.29, 0.717) is 18.0 Å². The van der Waals surface area contributed by atoms with E-state index < -0.39 is 0 Å². The molecule has 0 radical (unpaired) electrons. The first-order valence-electron chi connectivity index (χ1n) is 9.18. The van der Waals surface area contributed by atoms with Crippen molar-refractivity contribution in [3.05, 3.63) is 47.7 Å². The number of aliphatic hydroxyl groups excluding tert-OH is 1. The van der Waals surface area contributed by atoms with Gasteiger partial charge in [0.25, 0.3) is 5.91 Å². The minimum Gasteiger partial charge on any atom is -0.461 e. The predicted molar refractivity (Wildman–Crippen MR) is 102 cm³/mol. The molecule has 1 aliphatic rings. The van der Waals surface area contributed by atoms with Crippen LogP contribution >= 0.6 is 0 Å².